The summed E-state index contributed by atoms with van der Waals surface area (Å²) in [6.07, 6.45) is 5.85. The van der Waals surface area contributed by atoms with Gasteiger partial charge in [-0.25, -0.2) is 13.2 Å². The van der Waals surface area contributed by atoms with Gasteiger partial charge < -0.3 is 14.9 Å². The van der Waals surface area contributed by atoms with E-state index < -0.39 is 16.0 Å². The number of carboxylic acid groups (broad SMARTS) is 1. The molecule has 2 aliphatic heterocycles. The van der Waals surface area contributed by atoms with Gasteiger partial charge in [-0.15, -0.1) is 11.3 Å². The molecule has 10 heteroatoms. The Morgan fingerprint density at radius 3 is 2.39 bits per heavy atom. The van der Waals surface area contributed by atoms with Crippen LogP contribution in [0.3, 0.4) is 0 Å². The van der Waals surface area contributed by atoms with Crippen LogP contribution in [0.1, 0.15) is 42.5 Å². The minimum absolute atomic E-state index is 0.0817. The first-order chi connectivity index (χ1) is 14.8. The second kappa shape index (κ2) is 9.36. The average Bonchev–Trinajstić information content (AvgIpc) is 3.22. The first kappa shape index (κ1) is 22.4. The number of thiophene rings is 1. The van der Waals surface area contributed by atoms with E-state index in [1.807, 2.05) is 0 Å². The van der Waals surface area contributed by atoms with Gasteiger partial charge in [0, 0.05) is 24.8 Å². The minimum Gasteiger partial charge on any atom is -0.478 e. The predicted octanol–water partition coefficient (Wildman–Crippen LogP) is 4.36. The molecular formula is C21H26ClN3O4S2. The van der Waals surface area contributed by atoms with Crippen molar-refractivity contribution in [1.29, 1.82) is 0 Å². The molecule has 7 nitrogen and oxygen atoms in total. The largest absolute Gasteiger partial charge is 0.478 e. The van der Waals surface area contributed by atoms with Crippen molar-refractivity contribution in [2.75, 3.05) is 35.8 Å². The van der Waals surface area contributed by atoms with Gasteiger partial charge in [-0.2, -0.15) is 0 Å². The molecule has 168 valence electrons. The number of nitrogens with one attached hydrogen (secondary N) is 1. The zero-order valence-electron chi connectivity index (χ0n) is 17.1. The summed E-state index contributed by atoms with van der Waals surface area (Å²) in [4.78, 5) is 16.6. The number of carboxylic acids is 1. The van der Waals surface area contributed by atoms with Gasteiger partial charge in [0.2, 0.25) is 0 Å². The highest BCUT2D eigenvalue weighted by Crippen LogP contribution is 2.31. The van der Waals surface area contributed by atoms with Crippen molar-refractivity contribution in [3.05, 3.63) is 40.2 Å². The molecule has 1 aromatic carbocycles. The zero-order valence-corrected chi connectivity index (χ0v) is 19.5. The van der Waals surface area contributed by atoms with Gasteiger partial charge in [0.25, 0.3) is 10.0 Å². The Labute approximate surface area is 191 Å². The van der Waals surface area contributed by atoms with Gasteiger partial charge >= 0.3 is 5.97 Å². The number of halogens is 1. The Bertz CT molecular complexity index is 1040. The quantitative estimate of drug-likeness (QED) is 0.634. The molecule has 0 radical (unpaired) electrons. The summed E-state index contributed by atoms with van der Waals surface area (Å²) in [6, 6.07) is 8.21. The number of carbonyl (C=O) groups is 1. The minimum atomic E-state index is -3.82. The maximum Gasteiger partial charge on any atom is 0.337 e. The van der Waals surface area contributed by atoms with Crippen LogP contribution < -0.4 is 9.62 Å². The van der Waals surface area contributed by atoms with Crippen LogP contribution in [0.25, 0.3) is 0 Å². The third-order valence-corrected chi connectivity index (χ3v) is 9.11. The van der Waals surface area contributed by atoms with E-state index in [2.05, 4.69) is 14.5 Å². The number of piperidine rings is 2. The smallest absolute Gasteiger partial charge is 0.337 e. The van der Waals surface area contributed by atoms with Crippen molar-refractivity contribution in [2.45, 2.75) is 42.4 Å². The van der Waals surface area contributed by atoms with E-state index in [4.69, 9.17) is 11.6 Å². The predicted molar refractivity (Wildman–Crippen MR) is 124 cm³/mol. The summed E-state index contributed by atoms with van der Waals surface area (Å²) in [5.74, 6) is -1.08. The van der Waals surface area contributed by atoms with Crippen LogP contribution in [-0.4, -0.2) is 56.6 Å². The normalized spacial score (nSPS) is 18.8. The number of benzene rings is 1. The van der Waals surface area contributed by atoms with E-state index in [-0.39, 0.29) is 15.5 Å². The van der Waals surface area contributed by atoms with Crippen molar-refractivity contribution in [2.24, 2.45) is 0 Å². The monoisotopic (exact) mass is 483 g/mol. The average molecular weight is 484 g/mol. The number of rotatable bonds is 6. The Hall–Kier alpha value is -1.81. The van der Waals surface area contributed by atoms with E-state index >= 15 is 0 Å². The van der Waals surface area contributed by atoms with Crippen LogP contribution in [0.5, 0.6) is 0 Å². The number of aromatic carboxylic acids is 1. The van der Waals surface area contributed by atoms with Crippen molar-refractivity contribution in [3.8, 4) is 0 Å². The molecule has 31 heavy (non-hydrogen) atoms. The number of anilines is 2. The van der Waals surface area contributed by atoms with Crippen LogP contribution in [0.15, 0.2) is 34.5 Å². The number of likely N-dealkylation sites (tertiary alicyclic amines) is 1. The highest BCUT2D eigenvalue weighted by molar-refractivity contribution is 7.94. The summed E-state index contributed by atoms with van der Waals surface area (Å²) in [6.45, 7) is 3.91. The lowest BCUT2D eigenvalue weighted by Crippen LogP contribution is -2.47. The van der Waals surface area contributed by atoms with Crippen LogP contribution in [0, 0.1) is 0 Å². The molecule has 0 spiro atoms. The molecule has 2 aromatic rings. The van der Waals surface area contributed by atoms with E-state index in [9.17, 15) is 18.3 Å². The van der Waals surface area contributed by atoms with E-state index in [1.165, 1.54) is 37.5 Å². The van der Waals surface area contributed by atoms with Gasteiger partial charge in [-0.1, -0.05) is 18.0 Å². The fraction of sp³-hybridized carbons (Fsp3) is 0.476. The van der Waals surface area contributed by atoms with Crippen LogP contribution in [0.2, 0.25) is 4.34 Å². The highest BCUT2D eigenvalue weighted by atomic mass is 35.5. The molecule has 4 rings (SSSR count). The molecule has 0 bridgehead atoms. The zero-order chi connectivity index (χ0) is 22.0. The SMILES string of the molecule is O=C(O)c1cc(NS(=O)(=O)c2ccc(Cl)s2)ccc1N1CCC(N2CCCCC2)CC1. The van der Waals surface area contributed by atoms with E-state index in [1.54, 1.807) is 12.1 Å². The summed E-state index contributed by atoms with van der Waals surface area (Å²) in [7, 11) is -3.82. The standard InChI is InChI=1S/C21H26ClN3O4S2/c22-19-6-7-20(30-19)31(28,29)23-15-4-5-18(17(14-15)21(26)27)25-12-8-16(9-13-25)24-10-2-1-3-11-24/h4-7,14,16,23H,1-3,8-13H2,(H,26,27). The maximum absolute atomic E-state index is 12.5. The van der Waals surface area contributed by atoms with Gasteiger partial charge in [-0.05, 0) is 69.1 Å². The lowest BCUT2D eigenvalue weighted by atomic mass is 9.98. The third kappa shape index (κ3) is 5.16. The second-order valence-electron chi connectivity index (χ2n) is 8.02. The first-order valence-electron chi connectivity index (χ1n) is 10.5. The van der Waals surface area contributed by atoms with Gasteiger partial charge in [0.1, 0.15) is 4.21 Å². The van der Waals surface area contributed by atoms with Crippen molar-refractivity contribution < 1.29 is 18.3 Å². The molecule has 1 aromatic heterocycles. The molecule has 2 saturated heterocycles. The Morgan fingerprint density at radius 1 is 1.06 bits per heavy atom. The number of hydrogen-bond donors (Lipinski definition) is 2. The third-order valence-electron chi connectivity index (χ3n) is 6.00. The fourth-order valence-electron chi connectivity index (χ4n) is 4.45. The lowest BCUT2D eigenvalue weighted by Gasteiger charge is -2.41. The van der Waals surface area contributed by atoms with E-state index in [0.29, 0.717) is 16.1 Å². The number of sulfonamides is 1. The van der Waals surface area contributed by atoms with Crippen LogP contribution in [-0.2, 0) is 10.0 Å². The van der Waals surface area contributed by atoms with Crippen molar-refractivity contribution in [3.63, 3.8) is 0 Å². The van der Waals surface area contributed by atoms with Crippen LogP contribution >= 0.6 is 22.9 Å². The lowest BCUT2D eigenvalue weighted by molar-refractivity contribution is 0.0697. The molecule has 0 aliphatic carbocycles. The second-order valence-corrected chi connectivity index (χ2v) is 11.6. The molecule has 2 N–H and O–H groups in total. The molecule has 0 saturated carbocycles. The van der Waals surface area contributed by atoms with Crippen molar-refractivity contribution >= 4 is 50.3 Å². The van der Waals surface area contributed by atoms with Gasteiger partial charge in [-0.3, -0.25) is 4.72 Å². The number of nitrogens with zero attached hydrogens (tertiary/aromatic N) is 2. The Morgan fingerprint density at radius 2 is 1.77 bits per heavy atom. The fourth-order valence-corrected chi connectivity index (χ4v) is 6.98. The summed E-state index contributed by atoms with van der Waals surface area (Å²) in [5, 5.41) is 9.77. The molecule has 0 atom stereocenters. The molecule has 0 unspecified atom stereocenters. The topological polar surface area (TPSA) is 89.9 Å². The van der Waals surface area contributed by atoms with Gasteiger partial charge in [0.05, 0.1) is 15.6 Å². The maximum atomic E-state index is 12.5. The molecular weight excluding hydrogens is 458 g/mol. The van der Waals surface area contributed by atoms with Crippen LogP contribution in [0.4, 0.5) is 11.4 Å². The number of hydrogen-bond acceptors (Lipinski definition) is 6. The van der Waals surface area contributed by atoms with Crippen molar-refractivity contribution in [1.82, 2.24) is 4.90 Å². The Kier molecular flexibility index (Phi) is 6.76. The van der Waals surface area contributed by atoms with E-state index in [0.717, 1.165) is 50.4 Å². The molecule has 2 aliphatic rings. The first-order valence-corrected chi connectivity index (χ1v) is 13.2. The van der Waals surface area contributed by atoms with Gasteiger partial charge in [0.15, 0.2) is 0 Å². The molecule has 2 fully saturated rings. The summed E-state index contributed by atoms with van der Waals surface area (Å²) >= 11 is 6.79. The summed E-state index contributed by atoms with van der Waals surface area (Å²) < 4.78 is 28.0. The Balaban J connectivity index is 1.48. The summed E-state index contributed by atoms with van der Waals surface area (Å²) in [5.41, 5.74) is 0.946. The molecule has 3 heterocycles. The molecule has 0 amide bonds. The highest BCUT2D eigenvalue weighted by Gasteiger charge is 2.28.